The third-order valence-electron chi connectivity index (χ3n) is 4.90. The summed E-state index contributed by atoms with van der Waals surface area (Å²) in [4.78, 5) is 30.0. The number of hydrogen-bond donors (Lipinski definition) is 1. The topological polar surface area (TPSA) is 79.2 Å². The number of nitrogens with zero attached hydrogens (tertiary/aromatic N) is 2. The molecule has 1 saturated heterocycles. The molecular formula is C25H18ClFN2O4S. The highest BCUT2D eigenvalue weighted by molar-refractivity contribution is 8.18. The van der Waals surface area contributed by atoms with E-state index in [-0.39, 0.29) is 23.9 Å². The van der Waals surface area contributed by atoms with Crippen molar-refractivity contribution in [1.29, 1.82) is 0 Å². The summed E-state index contributed by atoms with van der Waals surface area (Å²) in [6, 6.07) is 17.3. The lowest BCUT2D eigenvalue weighted by Gasteiger charge is -2.09. The van der Waals surface area contributed by atoms with Crippen molar-refractivity contribution in [2.75, 3.05) is 7.05 Å². The normalized spacial score (nSPS) is 15.9. The molecule has 3 aromatic rings. The van der Waals surface area contributed by atoms with Gasteiger partial charge in [-0.1, -0.05) is 29.8 Å². The number of carboxylic acid groups (broad SMARTS) is 1. The van der Waals surface area contributed by atoms with Crippen LogP contribution in [0.5, 0.6) is 5.75 Å². The average Bonchev–Trinajstić information content (AvgIpc) is 3.07. The van der Waals surface area contributed by atoms with Crippen LogP contribution in [0, 0.1) is 5.82 Å². The Bertz CT molecular complexity index is 1310. The molecule has 6 nitrogen and oxygen atoms in total. The standard InChI is InChI=1S/C25H18ClFN2O4S/c1-29-23(30)22(34-25(29)28-19-9-5-17(6-10-19)24(31)32)13-16-4-11-21(20(26)12-16)33-14-15-2-7-18(27)8-3-15/h2-13H,14H2,1H3,(H,31,32)/b22-13-,28-25?. The molecule has 0 aromatic heterocycles. The Labute approximate surface area is 204 Å². The van der Waals surface area contributed by atoms with Crippen molar-refractivity contribution in [3.63, 3.8) is 0 Å². The average molecular weight is 497 g/mol. The smallest absolute Gasteiger partial charge is 0.335 e. The maximum Gasteiger partial charge on any atom is 0.335 e. The van der Waals surface area contributed by atoms with Gasteiger partial charge in [-0.25, -0.2) is 14.2 Å². The van der Waals surface area contributed by atoms with Crippen molar-refractivity contribution in [2.45, 2.75) is 6.61 Å². The van der Waals surface area contributed by atoms with Crippen LogP contribution < -0.4 is 4.74 Å². The van der Waals surface area contributed by atoms with Crippen LogP contribution in [0.1, 0.15) is 21.5 Å². The summed E-state index contributed by atoms with van der Waals surface area (Å²) in [7, 11) is 1.62. The first-order valence-electron chi connectivity index (χ1n) is 10.1. The van der Waals surface area contributed by atoms with E-state index in [1.54, 1.807) is 55.6 Å². The van der Waals surface area contributed by atoms with Gasteiger partial charge in [-0.05, 0) is 77.5 Å². The first kappa shape index (κ1) is 23.5. The Balaban J connectivity index is 1.47. The fraction of sp³-hybridized carbons (Fsp3) is 0.0800. The number of benzene rings is 3. The summed E-state index contributed by atoms with van der Waals surface area (Å²) < 4.78 is 18.7. The molecule has 0 unspecified atom stereocenters. The zero-order valence-electron chi connectivity index (χ0n) is 17.9. The van der Waals surface area contributed by atoms with Gasteiger partial charge in [-0.15, -0.1) is 0 Å². The number of halogens is 2. The number of thioether (sulfide) groups is 1. The highest BCUT2D eigenvalue weighted by Crippen LogP contribution is 2.34. The Hall–Kier alpha value is -3.62. The summed E-state index contributed by atoms with van der Waals surface area (Å²) in [6.07, 6.45) is 1.72. The lowest BCUT2D eigenvalue weighted by molar-refractivity contribution is -0.121. The number of carboxylic acids is 1. The summed E-state index contributed by atoms with van der Waals surface area (Å²) in [5.41, 5.74) is 2.23. The highest BCUT2D eigenvalue weighted by atomic mass is 35.5. The van der Waals surface area contributed by atoms with E-state index in [1.165, 1.54) is 40.9 Å². The molecule has 3 aromatic carbocycles. The third kappa shape index (κ3) is 5.47. The minimum absolute atomic E-state index is 0.162. The molecule has 4 rings (SSSR count). The Morgan fingerprint density at radius 3 is 2.50 bits per heavy atom. The van der Waals surface area contributed by atoms with E-state index in [2.05, 4.69) is 4.99 Å². The molecule has 1 heterocycles. The van der Waals surface area contributed by atoms with Crippen LogP contribution in [0.15, 0.2) is 76.6 Å². The maximum atomic E-state index is 13.0. The molecule has 0 radical (unpaired) electrons. The molecule has 0 bridgehead atoms. The van der Waals surface area contributed by atoms with Crippen LogP contribution in [0.25, 0.3) is 6.08 Å². The van der Waals surface area contributed by atoms with Crippen molar-refractivity contribution in [2.24, 2.45) is 4.99 Å². The van der Waals surface area contributed by atoms with Gasteiger partial charge >= 0.3 is 5.97 Å². The van der Waals surface area contributed by atoms with E-state index in [0.29, 0.717) is 26.5 Å². The van der Waals surface area contributed by atoms with E-state index in [1.807, 2.05) is 0 Å². The number of amidine groups is 1. The summed E-state index contributed by atoms with van der Waals surface area (Å²) in [5.74, 6) is -1.06. The zero-order valence-corrected chi connectivity index (χ0v) is 19.4. The van der Waals surface area contributed by atoms with Gasteiger partial charge in [0.15, 0.2) is 5.17 Å². The number of hydrogen-bond acceptors (Lipinski definition) is 5. The second kappa shape index (κ2) is 10.1. The molecule has 1 fully saturated rings. The van der Waals surface area contributed by atoms with Crippen LogP contribution in [0.2, 0.25) is 5.02 Å². The van der Waals surface area contributed by atoms with Crippen molar-refractivity contribution >= 4 is 52.2 Å². The molecule has 0 spiro atoms. The number of amides is 1. The number of carbonyl (C=O) groups excluding carboxylic acids is 1. The van der Waals surface area contributed by atoms with Gasteiger partial charge < -0.3 is 9.84 Å². The van der Waals surface area contributed by atoms with Crippen molar-refractivity contribution in [3.8, 4) is 5.75 Å². The van der Waals surface area contributed by atoms with Gasteiger partial charge in [-0.2, -0.15) is 0 Å². The number of aromatic carboxylic acids is 1. The van der Waals surface area contributed by atoms with E-state index >= 15 is 0 Å². The number of aliphatic imine (C=N–C) groups is 1. The predicted octanol–water partition coefficient (Wildman–Crippen LogP) is 5.99. The van der Waals surface area contributed by atoms with Gasteiger partial charge in [0.05, 0.1) is 21.2 Å². The molecule has 1 amide bonds. The van der Waals surface area contributed by atoms with Gasteiger partial charge in [0.2, 0.25) is 0 Å². The fourth-order valence-corrected chi connectivity index (χ4v) is 4.29. The summed E-state index contributed by atoms with van der Waals surface area (Å²) >= 11 is 7.57. The van der Waals surface area contributed by atoms with Crippen LogP contribution in [0.4, 0.5) is 10.1 Å². The second-order valence-corrected chi connectivity index (χ2v) is 8.74. The molecule has 1 aliphatic heterocycles. The SMILES string of the molecule is CN1C(=O)/C(=C/c2ccc(OCc3ccc(F)cc3)c(Cl)c2)SC1=Nc1ccc(C(=O)O)cc1. The lowest BCUT2D eigenvalue weighted by Crippen LogP contribution is -2.23. The largest absolute Gasteiger partial charge is 0.487 e. The number of ether oxygens (including phenoxy) is 1. The second-order valence-electron chi connectivity index (χ2n) is 7.33. The number of likely N-dealkylation sites (N-methyl/N-ethyl adjacent to an activating group) is 1. The predicted molar refractivity (Wildman–Crippen MR) is 131 cm³/mol. The maximum absolute atomic E-state index is 13.0. The minimum atomic E-state index is -1.02. The number of carbonyl (C=O) groups is 2. The van der Waals surface area contributed by atoms with Crippen molar-refractivity contribution in [3.05, 3.63) is 99.2 Å². The van der Waals surface area contributed by atoms with Gasteiger partial charge in [0, 0.05) is 7.05 Å². The summed E-state index contributed by atoms with van der Waals surface area (Å²) in [6.45, 7) is 0.243. The molecule has 9 heteroatoms. The first-order chi connectivity index (χ1) is 16.3. The molecule has 34 heavy (non-hydrogen) atoms. The molecule has 172 valence electrons. The van der Waals surface area contributed by atoms with Crippen molar-refractivity contribution in [1.82, 2.24) is 4.90 Å². The Morgan fingerprint density at radius 1 is 1.15 bits per heavy atom. The van der Waals surface area contributed by atoms with E-state index in [9.17, 15) is 14.0 Å². The highest BCUT2D eigenvalue weighted by Gasteiger charge is 2.30. The van der Waals surface area contributed by atoms with Crippen LogP contribution in [0.3, 0.4) is 0 Å². The fourth-order valence-electron chi connectivity index (χ4n) is 3.06. The molecular weight excluding hydrogens is 479 g/mol. The molecule has 0 atom stereocenters. The van der Waals surface area contributed by atoms with Gasteiger partial charge in [0.25, 0.3) is 5.91 Å². The Morgan fingerprint density at radius 2 is 1.85 bits per heavy atom. The van der Waals surface area contributed by atoms with Gasteiger partial charge in [0.1, 0.15) is 18.2 Å². The lowest BCUT2D eigenvalue weighted by atomic mass is 10.2. The third-order valence-corrected chi connectivity index (χ3v) is 6.26. The van der Waals surface area contributed by atoms with Crippen molar-refractivity contribution < 1.29 is 23.8 Å². The molecule has 0 saturated carbocycles. The Kier molecular flexibility index (Phi) is 7.00. The summed E-state index contributed by atoms with van der Waals surface area (Å²) in [5, 5.41) is 9.87. The minimum Gasteiger partial charge on any atom is -0.487 e. The van der Waals surface area contributed by atoms with E-state index in [0.717, 1.165) is 11.1 Å². The van der Waals surface area contributed by atoms with E-state index < -0.39 is 5.97 Å². The van der Waals surface area contributed by atoms with Crippen LogP contribution in [-0.4, -0.2) is 34.1 Å². The van der Waals surface area contributed by atoms with E-state index in [4.69, 9.17) is 21.4 Å². The van der Waals surface area contributed by atoms with Crippen LogP contribution >= 0.6 is 23.4 Å². The zero-order chi connectivity index (χ0) is 24.2. The van der Waals surface area contributed by atoms with Crippen LogP contribution in [-0.2, 0) is 11.4 Å². The number of rotatable bonds is 6. The molecule has 1 aliphatic rings. The molecule has 0 aliphatic carbocycles. The first-order valence-corrected chi connectivity index (χ1v) is 11.3. The molecule has 1 N–H and O–H groups in total. The quantitative estimate of drug-likeness (QED) is 0.424. The van der Waals surface area contributed by atoms with Gasteiger partial charge in [-0.3, -0.25) is 9.69 Å². The monoisotopic (exact) mass is 496 g/mol.